The predicted molar refractivity (Wildman–Crippen MR) is 62.3 cm³/mol. The molecular weight excluding hydrogens is 225 g/mol. The molecule has 1 atom stereocenters. The van der Waals surface area contributed by atoms with Crippen molar-refractivity contribution in [3.8, 4) is 0 Å². The zero-order valence-corrected chi connectivity index (χ0v) is 10.1. The van der Waals surface area contributed by atoms with Crippen LogP contribution in [0.1, 0.15) is 12.5 Å². The molecule has 0 spiro atoms. The lowest BCUT2D eigenvalue weighted by Gasteiger charge is -2.21. The van der Waals surface area contributed by atoms with Crippen LogP contribution in [0.2, 0.25) is 0 Å². The molecule has 0 bridgehead atoms. The van der Waals surface area contributed by atoms with Gasteiger partial charge in [-0.15, -0.1) is 0 Å². The summed E-state index contributed by atoms with van der Waals surface area (Å²) < 4.78 is 17.5. The fraction of sp³-hybridized carbons (Fsp3) is 0.417. The highest BCUT2D eigenvalue weighted by Gasteiger charge is 2.31. The summed E-state index contributed by atoms with van der Waals surface area (Å²) in [5, 5.41) is 12.6. The SMILES string of the molecule is COC(=O)C(C)(O)CNc1ccc(F)c(C)c1. The zero-order valence-electron chi connectivity index (χ0n) is 10.1. The van der Waals surface area contributed by atoms with Gasteiger partial charge in [-0.05, 0) is 37.6 Å². The first-order valence-electron chi connectivity index (χ1n) is 5.17. The minimum absolute atomic E-state index is 0.00918. The van der Waals surface area contributed by atoms with E-state index in [0.29, 0.717) is 11.3 Å². The van der Waals surface area contributed by atoms with E-state index in [1.165, 1.54) is 26.2 Å². The van der Waals surface area contributed by atoms with Crippen LogP contribution in [0.25, 0.3) is 0 Å². The molecule has 5 heteroatoms. The number of aryl methyl sites for hydroxylation is 1. The molecule has 0 aromatic heterocycles. The number of rotatable bonds is 4. The van der Waals surface area contributed by atoms with Crippen molar-refractivity contribution >= 4 is 11.7 Å². The average Bonchev–Trinajstić information content (AvgIpc) is 2.29. The number of aliphatic hydroxyl groups is 1. The van der Waals surface area contributed by atoms with E-state index in [-0.39, 0.29) is 12.4 Å². The molecule has 1 aromatic rings. The lowest BCUT2D eigenvalue weighted by atomic mass is 10.1. The molecule has 0 fully saturated rings. The van der Waals surface area contributed by atoms with Gasteiger partial charge in [0.25, 0.3) is 0 Å². The molecule has 2 N–H and O–H groups in total. The van der Waals surface area contributed by atoms with Crippen LogP contribution in [0.5, 0.6) is 0 Å². The van der Waals surface area contributed by atoms with E-state index in [1.807, 2.05) is 0 Å². The van der Waals surface area contributed by atoms with Crippen molar-refractivity contribution in [1.29, 1.82) is 0 Å². The Hall–Kier alpha value is -1.62. The van der Waals surface area contributed by atoms with Crippen molar-refractivity contribution < 1.29 is 19.0 Å². The number of esters is 1. The zero-order chi connectivity index (χ0) is 13.1. The van der Waals surface area contributed by atoms with Crippen LogP contribution < -0.4 is 5.32 Å². The second kappa shape index (κ2) is 5.14. The topological polar surface area (TPSA) is 58.6 Å². The van der Waals surface area contributed by atoms with Gasteiger partial charge in [0.1, 0.15) is 5.82 Å². The van der Waals surface area contributed by atoms with Crippen LogP contribution in [0.4, 0.5) is 10.1 Å². The highest BCUT2D eigenvalue weighted by Crippen LogP contribution is 2.15. The number of hydrogen-bond donors (Lipinski definition) is 2. The third kappa shape index (κ3) is 3.42. The van der Waals surface area contributed by atoms with E-state index in [0.717, 1.165) is 0 Å². The van der Waals surface area contributed by atoms with E-state index in [4.69, 9.17) is 0 Å². The van der Waals surface area contributed by atoms with E-state index in [2.05, 4.69) is 10.1 Å². The Kier molecular flexibility index (Phi) is 4.07. The summed E-state index contributed by atoms with van der Waals surface area (Å²) in [6, 6.07) is 4.46. The molecule has 0 saturated carbocycles. The minimum Gasteiger partial charge on any atom is -0.467 e. The molecule has 1 aromatic carbocycles. The third-order valence-electron chi connectivity index (χ3n) is 2.42. The van der Waals surface area contributed by atoms with Gasteiger partial charge in [0.15, 0.2) is 5.60 Å². The fourth-order valence-corrected chi connectivity index (χ4v) is 1.32. The first-order valence-corrected chi connectivity index (χ1v) is 5.17. The second-order valence-corrected chi connectivity index (χ2v) is 4.08. The highest BCUT2D eigenvalue weighted by molar-refractivity contribution is 5.79. The van der Waals surface area contributed by atoms with E-state index in [9.17, 15) is 14.3 Å². The first-order chi connectivity index (χ1) is 7.86. The van der Waals surface area contributed by atoms with Gasteiger partial charge in [-0.1, -0.05) is 0 Å². The lowest BCUT2D eigenvalue weighted by Crippen LogP contribution is -2.42. The number of halogens is 1. The van der Waals surface area contributed by atoms with Crippen molar-refractivity contribution in [1.82, 2.24) is 0 Å². The number of anilines is 1. The molecule has 0 aliphatic heterocycles. The van der Waals surface area contributed by atoms with Gasteiger partial charge < -0.3 is 15.2 Å². The van der Waals surface area contributed by atoms with Crippen molar-refractivity contribution in [2.24, 2.45) is 0 Å². The Morgan fingerprint density at radius 2 is 2.24 bits per heavy atom. The molecule has 0 aliphatic carbocycles. The largest absolute Gasteiger partial charge is 0.467 e. The summed E-state index contributed by atoms with van der Waals surface area (Å²) in [4.78, 5) is 11.2. The quantitative estimate of drug-likeness (QED) is 0.784. The van der Waals surface area contributed by atoms with Gasteiger partial charge in [0.2, 0.25) is 0 Å². The predicted octanol–water partition coefficient (Wildman–Crippen LogP) is 1.47. The number of nitrogens with one attached hydrogen (secondary N) is 1. The monoisotopic (exact) mass is 241 g/mol. The molecule has 0 aliphatic rings. The summed E-state index contributed by atoms with van der Waals surface area (Å²) in [5.74, 6) is -1.01. The Labute approximate surface area is 99.4 Å². The molecule has 0 saturated heterocycles. The summed E-state index contributed by atoms with van der Waals surface area (Å²) in [6.07, 6.45) is 0. The molecule has 94 valence electrons. The molecule has 4 nitrogen and oxygen atoms in total. The van der Waals surface area contributed by atoms with Crippen LogP contribution >= 0.6 is 0 Å². The van der Waals surface area contributed by atoms with Gasteiger partial charge in [-0.2, -0.15) is 0 Å². The second-order valence-electron chi connectivity index (χ2n) is 4.08. The molecule has 1 rings (SSSR count). The maximum absolute atomic E-state index is 13.0. The first kappa shape index (κ1) is 13.4. The van der Waals surface area contributed by atoms with E-state index in [1.54, 1.807) is 13.0 Å². The number of methoxy groups -OCH3 is 1. The number of ether oxygens (including phenoxy) is 1. The van der Waals surface area contributed by atoms with Crippen molar-refractivity contribution in [3.63, 3.8) is 0 Å². The number of hydrogen-bond acceptors (Lipinski definition) is 4. The van der Waals surface area contributed by atoms with Crippen molar-refractivity contribution in [3.05, 3.63) is 29.6 Å². The van der Waals surface area contributed by atoms with Crippen molar-refractivity contribution in [2.45, 2.75) is 19.4 Å². The van der Waals surface area contributed by atoms with Gasteiger partial charge >= 0.3 is 5.97 Å². The number of benzene rings is 1. The molecule has 0 amide bonds. The van der Waals surface area contributed by atoms with Gasteiger partial charge in [-0.3, -0.25) is 0 Å². The van der Waals surface area contributed by atoms with Gasteiger partial charge in [0, 0.05) is 5.69 Å². The van der Waals surface area contributed by atoms with Crippen molar-refractivity contribution in [2.75, 3.05) is 19.0 Å². The Morgan fingerprint density at radius 3 is 2.76 bits per heavy atom. The van der Waals surface area contributed by atoms with Crippen LogP contribution in [-0.4, -0.2) is 30.3 Å². The Bertz CT molecular complexity index is 418. The molecule has 0 heterocycles. The molecule has 1 unspecified atom stereocenters. The fourth-order valence-electron chi connectivity index (χ4n) is 1.32. The number of carbonyl (C=O) groups excluding carboxylic acids is 1. The summed E-state index contributed by atoms with van der Waals surface area (Å²) in [5.41, 5.74) is -0.488. The van der Waals surface area contributed by atoms with Crippen LogP contribution in [0.15, 0.2) is 18.2 Å². The lowest BCUT2D eigenvalue weighted by molar-refractivity contribution is -0.158. The highest BCUT2D eigenvalue weighted by atomic mass is 19.1. The summed E-state index contributed by atoms with van der Waals surface area (Å²) in [6.45, 7) is 2.98. The smallest absolute Gasteiger partial charge is 0.339 e. The minimum atomic E-state index is -1.61. The molecule has 0 radical (unpaired) electrons. The van der Waals surface area contributed by atoms with E-state index < -0.39 is 11.6 Å². The third-order valence-corrected chi connectivity index (χ3v) is 2.42. The normalized spacial score (nSPS) is 13.9. The number of carbonyl (C=O) groups is 1. The average molecular weight is 241 g/mol. The Morgan fingerprint density at radius 1 is 1.59 bits per heavy atom. The maximum atomic E-state index is 13.0. The summed E-state index contributed by atoms with van der Waals surface area (Å²) in [7, 11) is 1.21. The standard InChI is InChI=1S/C12H16FNO3/c1-8-6-9(4-5-10(8)13)14-7-12(2,16)11(15)17-3/h4-6,14,16H,7H2,1-3H3. The van der Waals surface area contributed by atoms with E-state index >= 15 is 0 Å². The Balaban J connectivity index is 2.67. The van der Waals surface area contributed by atoms with Gasteiger partial charge in [0.05, 0.1) is 13.7 Å². The maximum Gasteiger partial charge on any atom is 0.339 e. The molecule has 17 heavy (non-hydrogen) atoms. The van der Waals surface area contributed by atoms with Crippen LogP contribution in [0, 0.1) is 12.7 Å². The van der Waals surface area contributed by atoms with Gasteiger partial charge in [-0.25, -0.2) is 9.18 Å². The summed E-state index contributed by atoms with van der Waals surface area (Å²) >= 11 is 0. The van der Waals surface area contributed by atoms with Crippen LogP contribution in [-0.2, 0) is 9.53 Å². The molecular formula is C12H16FNO3. The van der Waals surface area contributed by atoms with Crippen LogP contribution in [0.3, 0.4) is 0 Å².